The Bertz CT molecular complexity index is 889. The van der Waals surface area contributed by atoms with E-state index < -0.39 is 0 Å². The number of nitrogens with zero attached hydrogens (tertiary/aromatic N) is 2. The number of aryl methyl sites for hydroxylation is 2. The Morgan fingerprint density at radius 3 is 2.35 bits per heavy atom. The van der Waals surface area contributed by atoms with Crippen LogP contribution >= 0.6 is 11.3 Å². The second-order valence-corrected chi connectivity index (χ2v) is 7.12. The Kier molecular flexibility index (Phi) is 6.17. The summed E-state index contributed by atoms with van der Waals surface area (Å²) < 4.78 is 0. The molecule has 0 atom stereocenters. The van der Waals surface area contributed by atoms with Gasteiger partial charge in [0.05, 0.1) is 10.4 Å². The van der Waals surface area contributed by atoms with Crippen LogP contribution in [0.15, 0.2) is 18.2 Å². The summed E-state index contributed by atoms with van der Waals surface area (Å²) in [6.07, 6.45) is 0. The average molecular weight is 369 g/mol. The summed E-state index contributed by atoms with van der Waals surface area (Å²) in [6, 6.07) is 7.58. The first-order chi connectivity index (χ1) is 12.3. The molecule has 2 aromatic rings. The van der Waals surface area contributed by atoms with E-state index in [1.165, 1.54) is 0 Å². The van der Waals surface area contributed by atoms with E-state index in [9.17, 15) is 14.9 Å². The molecule has 1 N–H and O–H groups in total. The molecule has 1 heterocycles. The molecule has 6 heteroatoms. The molecule has 0 saturated heterocycles. The lowest BCUT2D eigenvalue weighted by molar-refractivity contribution is 0.0777. The number of amides is 2. The zero-order valence-corrected chi connectivity index (χ0v) is 16.6. The van der Waals surface area contributed by atoms with E-state index in [-0.39, 0.29) is 11.8 Å². The summed E-state index contributed by atoms with van der Waals surface area (Å²) >= 11 is 1.16. The van der Waals surface area contributed by atoms with Crippen LogP contribution in [-0.2, 0) is 0 Å². The van der Waals surface area contributed by atoms with Gasteiger partial charge in [0.25, 0.3) is 11.8 Å². The number of anilines is 1. The van der Waals surface area contributed by atoms with Crippen molar-refractivity contribution in [2.75, 3.05) is 18.4 Å². The molecular weight excluding hydrogens is 346 g/mol. The predicted octanol–water partition coefficient (Wildman–Crippen LogP) is 4.28. The normalized spacial score (nSPS) is 10.3. The minimum atomic E-state index is -0.285. The molecule has 0 aliphatic rings. The largest absolute Gasteiger partial charge is 0.338 e. The lowest BCUT2D eigenvalue weighted by atomic mass is 10.1. The minimum absolute atomic E-state index is 0.110. The summed E-state index contributed by atoms with van der Waals surface area (Å²) in [6.45, 7) is 10.7. The number of benzene rings is 1. The Labute approximate surface area is 158 Å². The molecule has 0 unspecified atom stereocenters. The lowest BCUT2D eigenvalue weighted by Crippen LogP contribution is -2.30. The van der Waals surface area contributed by atoms with Crippen molar-refractivity contribution in [3.05, 3.63) is 50.9 Å². The average Bonchev–Trinajstić information content (AvgIpc) is 2.93. The number of carbonyl (C=O) groups excluding carboxylic acids is 2. The number of nitrogens with one attached hydrogen (secondary N) is 1. The molecule has 26 heavy (non-hydrogen) atoms. The molecule has 0 fully saturated rings. The molecule has 1 aromatic heterocycles. The van der Waals surface area contributed by atoms with E-state index in [0.29, 0.717) is 39.7 Å². The number of hydrogen-bond donors (Lipinski definition) is 1. The quantitative estimate of drug-likeness (QED) is 0.855. The van der Waals surface area contributed by atoms with Crippen LogP contribution in [0.5, 0.6) is 0 Å². The van der Waals surface area contributed by atoms with Crippen molar-refractivity contribution >= 4 is 28.2 Å². The molecule has 1 aromatic carbocycles. The summed E-state index contributed by atoms with van der Waals surface area (Å²) in [5.74, 6) is -0.395. The van der Waals surface area contributed by atoms with Gasteiger partial charge < -0.3 is 10.2 Å². The highest BCUT2D eigenvalue weighted by molar-refractivity contribution is 7.18. The van der Waals surface area contributed by atoms with Gasteiger partial charge in [-0.2, -0.15) is 5.26 Å². The van der Waals surface area contributed by atoms with Gasteiger partial charge in [-0.15, -0.1) is 11.3 Å². The van der Waals surface area contributed by atoms with Gasteiger partial charge in [-0.1, -0.05) is 6.07 Å². The summed E-state index contributed by atoms with van der Waals surface area (Å²) in [7, 11) is 0. The van der Waals surface area contributed by atoms with E-state index in [2.05, 4.69) is 11.4 Å². The highest BCUT2D eigenvalue weighted by Crippen LogP contribution is 2.33. The van der Waals surface area contributed by atoms with Crippen LogP contribution in [0.4, 0.5) is 5.00 Å². The zero-order valence-electron chi connectivity index (χ0n) is 15.8. The Balaban J connectivity index is 2.36. The fourth-order valence-corrected chi connectivity index (χ4v) is 3.77. The van der Waals surface area contributed by atoms with Gasteiger partial charge in [0.15, 0.2) is 0 Å². The minimum Gasteiger partial charge on any atom is -0.338 e. The topological polar surface area (TPSA) is 73.2 Å². The van der Waals surface area contributed by atoms with Crippen molar-refractivity contribution in [1.82, 2.24) is 4.90 Å². The molecule has 0 saturated carbocycles. The van der Waals surface area contributed by atoms with Crippen LogP contribution in [0.2, 0.25) is 0 Å². The number of rotatable bonds is 5. The molecule has 2 rings (SSSR count). The van der Waals surface area contributed by atoms with Crippen LogP contribution in [0, 0.1) is 32.1 Å². The lowest BCUT2D eigenvalue weighted by Gasteiger charge is -2.17. The zero-order chi connectivity index (χ0) is 19.4. The van der Waals surface area contributed by atoms with Crippen molar-refractivity contribution in [3.63, 3.8) is 0 Å². The maximum atomic E-state index is 12.7. The van der Waals surface area contributed by atoms with Crippen molar-refractivity contribution in [2.45, 2.75) is 34.6 Å². The molecule has 0 aliphatic carbocycles. The molecule has 0 aliphatic heterocycles. The van der Waals surface area contributed by atoms with E-state index in [1.807, 2.05) is 39.8 Å². The molecule has 0 bridgehead atoms. The van der Waals surface area contributed by atoms with Crippen LogP contribution < -0.4 is 5.32 Å². The van der Waals surface area contributed by atoms with Gasteiger partial charge in [0, 0.05) is 18.7 Å². The van der Waals surface area contributed by atoms with Gasteiger partial charge in [0.1, 0.15) is 11.1 Å². The Hall–Kier alpha value is -2.65. The van der Waals surface area contributed by atoms with Gasteiger partial charge in [-0.05, 0) is 63.4 Å². The summed E-state index contributed by atoms with van der Waals surface area (Å²) in [5.41, 5.74) is 3.63. The van der Waals surface area contributed by atoms with Gasteiger partial charge >= 0.3 is 0 Å². The van der Waals surface area contributed by atoms with Crippen molar-refractivity contribution in [2.24, 2.45) is 0 Å². The standard InChI is InChI=1S/C20H23N3O2S/c1-6-23(7-2)20(25)17-14(5)16(11-21)19(26-17)22-18(24)15-9-8-12(3)13(4)10-15/h8-10H,6-7H2,1-5H3,(H,22,24). The Morgan fingerprint density at radius 1 is 1.15 bits per heavy atom. The van der Waals surface area contributed by atoms with Gasteiger partial charge in [-0.3, -0.25) is 9.59 Å². The number of hydrogen-bond acceptors (Lipinski definition) is 4. The van der Waals surface area contributed by atoms with E-state index >= 15 is 0 Å². The van der Waals surface area contributed by atoms with Crippen LogP contribution in [0.25, 0.3) is 0 Å². The second kappa shape index (κ2) is 8.15. The van der Waals surface area contributed by atoms with E-state index in [1.54, 1.807) is 17.9 Å². The summed E-state index contributed by atoms with van der Waals surface area (Å²) in [5, 5.41) is 12.7. The first kappa shape index (κ1) is 19.7. The molecule has 2 amide bonds. The van der Waals surface area contributed by atoms with Crippen LogP contribution in [-0.4, -0.2) is 29.8 Å². The third-order valence-corrected chi connectivity index (χ3v) is 5.69. The number of nitriles is 1. The first-order valence-electron chi connectivity index (χ1n) is 8.55. The maximum absolute atomic E-state index is 12.7. The van der Waals surface area contributed by atoms with Crippen molar-refractivity contribution < 1.29 is 9.59 Å². The van der Waals surface area contributed by atoms with Crippen LogP contribution in [0.3, 0.4) is 0 Å². The molecule has 0 spiro atoms. The molecule has 5 nitrogen and oxygen atoms in total. The predicted molar refractivity (Wildman–Crippen MR) is 105 cm³/mol. The fraction of sp³-hybridized carbons (Fsp3) is 0.350. The second-order valence-electron chi connectivity index (χ2n) is 6.10. The smallest absolute Gasteiger partial charge is 0.264 e. The first-order valence-corrected chi connectivity index (χ1v) is 9.36. The molecule has 136 valence electrons. The van der Waals surface area contributed by atoms with Crippen molar-refractivity contribution in [3.8, 4) is 6.07 Å². The third kappa shape index (κ3) is 3.78. The Morgan fingerprint density at radius 2 is 1.81 bits per heavy atom. The molecule has 0 radical (unpaired) electrons. The van der Waals surface area contributed by atoms with E-state index in [0.717, 1.165) is 22.5 Å². The van der Waals surface area contributed by atoms with E-state index in [4.69, 9.17) is 0 Å². The maximum Gasteiger partial charge on any atom is 0.264 e. The van der Waals surface area contributed by atoms with Gasteiger partial charge in [0.2, 0.25) is 0 Å². The highest BCUT2D eigenvalue weighted by atomic mass is 32.1. The molecular formula is C20H23N3O2S. The van der Waals surface area contributed by atoms with Crippen molar-refractivity contribution in [1.29, 1.82) is 5.26 Å². The third-order valence-electron chi connectivity index (χ3n) is 4.50. The number of thiophene rings is 1. The summed E-state index contributed by atoms with van der Waals surface area (Å²) in [4.78, 5) is 27.4. The van der Waals surface area contributed by atoms with Gasteiger partial charge in [-0.25, -0.2) is 0 Å². The highest BCUT2D eigenvalue weighted by Gasteiger charge is 2.24. The fourth-order valence-electron chi connectivity index (χ4n) is 2.65. The SMILES string of the molecule is CCN(CC)C(=O)c1sc(NC(=O)c2ccc(C)c(C)c2)c(C#N)c1C. The number of carbonyl (C=O) groups is 2. The van der Waals surface area contributed by atoms with Crippen LogP contribution in [0.1, 0.15) is 56.1 Å². The monoisotopic (exact) mass is 369 g/mol.